The smallest absolute Gasteiger partial charge is 0.306 e. The fourth-order valence-electron chi connectivity index (χ4n) is 3.70. The zero-order chi connectivity index (χ0) is 23.7. The van der Waals surface area contributed by atoms with Crippen molar-refractivity contribution < 1.29 is 19.1 Å². The Balaban J connectivity index is 3.50. The van der Waals surface area contributed by atoms with Gasteiger partial charge in [-0.1, -0.05) is 103 Å². The fourth-order valence-corrected chi connectivity index (χ4v) is 3.70. The predicted octanol–water partition coefficient (Wildman–Crippen LogP) is 8.47. The van der Waals surface area contributed by atoms with Crippen LogP contribution in [0.3, 0.4) is 0 Å². The molecule has 0 bridgehead atoms. The Morgan fingerprint density at radius 1 is 0.656 bits per heavy atom. The van der Waals surface area contributed by atoms with Gasteiger partial charge in [-0.3, -0.25) is 9.59 Å². The molecule has 0 aromatic rings. The summed E-state index contributed by atoms with van der Waals surface area (Å²) in [4.78, 5) is 23.7. The lowest BCUT2D eigenvalue weighted by molar-refractivity contribution is -0.153. The van der Waals surface area contributed by atoms with Gasteiger partial charge in [0.25, 0.3) is 0 Å². The quantitative estimate of drug-likeness (QED) is 0.0886. The van der Waals surface area contributed by atoms with Crippen LogP contribution in [0.1, 0.15) is 143 Å². The Morgan fingerprint density at radius 3 is 1.78 bits per heavy atom. The first-order valence-electron chi connectivity index (χ1n) is 13.6. The molecule has 0 spiro atoms. The van der Waals surface area contributed by atoms with Crippen LogP contribution >= 0.6 is 0 Å². The minimum atomic E-state index is -0.318. The molecule has 0 fully saturated rings. The van der Waals surface area contributed by atoms with E-state index in [9.17, 15) is 9.59 Å². The number of carbonyl (C=O) groups excluding carboxylic acids is 2. The largest absolute Gasteiger partial charge is 0.465 e. The predicted molar refractivity (Wildman–Crippen MR) is 135 cm³/mol. The third-order valence-corrected chi connectivity index (χ3v) is 5.77. The molecule has 0 amide bonds. The van der Waals surface area contributed by atoms with E-state index in [0.717, 1.165) is 25.7 Å². The second kappa shape index (κ2) is 24.3. The molecule has 0 saturated carbocycles. The summed E-state index contributed by atoms with van der Waals surface area (Å²) in [6, 6.07) is 0. The van der Waals surface area contributed by atoms with Gasteiger partial charge in [-0.2, -0.15) is 0 Å². The molecular formula is C28H52O4. The first kappa shape index (κ1) is 30.7. The number of ether oxygens (including phenoxy) is 2. The van der Waals surface area contributed by atoms with Gasteiger partial charge >= 0.3 is 11.9 Å². The SMILES string of the molecule is CCCCCCCCCC/C=C/CCOC(=O)CCC(=O)OC(C)CCCCCCCC. The third kappa shape index (κ3) is 23.3. The van der Waals surface area contributed by atoms with Crippen molar-refractivity contribution >= 4 is 11.9 Å². The first-order chi connectivity index (χ1) is 15.6. The van der Waals surface area contributed by atoms with Crippen LogP contribution in [0.4, 0.5) is 0 Å². The molecule has 0 aliphatic carbocycles. The highest BCUT2D eigenvalue weighted by atomic mass is 16.5. The van der Waals surface area contributed by atoms with Crippen LogP contribution in [-0.4, -0.2) is 24.6 Å². The number of allylic oxidation sites excluding steroid dienone is 1. The summed E-state index contributed by atoms with van der Waals surface area (Å²) in [6.45, 7) is 6.79. The molecule has 0 saturated heterocycles. The topological polar surface area (TPSA) is 52.6 Å². The van der Waals surface area contributed by atoms with Crippen LogP contribution < -0.4 is 0 Å². The van der Waals surface area contributed by atoms with Gasteiger partial charge in [0.1, 0.15) is 0 Å². The maximum atomic E-state index is 11.9. The molecule has 1 atom stereocenters. The molecule has 0 heterocycles. The van der Waals surface area contributed by atoms with E-state index in [1.165, 1.54) is 83.5 Å². The van der Waals surface area contributed by atoms with Gasteiger partial charge in [0.15, 0.2) is 0 Å². The summed E-state index contributed by atoms with van der Waals surface area (Å²) in [7, 11) is 0. The average molecular weight is 453 g/mol. The Kier molecular flexibility index (Phi) is 23.3. The number of unbranched alkanes of at least 4 members (excludes halogenated alkanes) is 13. The lowest BCUT2D eigenvalue weighted by Crippen LogP contribution is -2.16. The second-order valence-corrected chi connectivity index (χ2v) is 9.10. The normalized spacial score (nSPS) is 12.2. The number of hydrogen-bond donors (Lipinski definition) is 0. The highest BCUT2D eigenvalue weighted by Gasteiger charge is 2.12. The Hall–Kier alpha value is -1.32. The maximum absolute atomic E-state index is 11.9. The number of esters is 2. The Morgan fingerprint density at radius 2 is 1.16 bits per heavy atom. The zero-order valence-corrected chi connectivity index (χ0v) is 21.5. The summed E-state index contributed by atoms with van der Waals surface area (Å²) in [5.41, 5.74) is 0. The van der Waals surface area contributed by atoms with E-state index >= 15 is 0 Å². The van der Waals surface area contributed by atoms with Gasteiger partial charge < -0.3 is 9.47 Å². The van der Waals surface area contributed by atoms with Crippen molar-refractivity contribution in [1.29, 1.82) is 0 Å². The maximum Gasteiger partial charge on any atom is 0.306 e. The van der Waals surface area contributed by atoms with E-state index in [1.54, 1.807) is 0 Å². The average Bonchev–Trinajstić information content (AvgIpc) is 2.78. The molecule has 0 aromatic heterocycles. The molecule has 0 aromatic carbocycles. The van der Waals surface area contributed by atoms with Crippen molar-refractivity contribution in [2.45, 2.75) is 149 Å². The summed E-state index contributed by atoms with van der Waals surface area (Å²) in [5.74, 6) is -0.618. The van der Waals surface area contributed by atoms with E-state index in [0.29, 0.717) is 6.61 Å². The minimum absolute atomic E-state index is 0.0732. The van der Waals surface area contributed by atoms with E-state index in [4.69, 9.17) is 9.47 Å². The van der Waals surface area contributed by atoms with Gasteiger partial charge in [-0.05, 0) is 39.0 Å². The van der Waals surface area contributed by atoms with Gasteiger partial charge in [0, 0.05) is 0 Å². The first-order valence-corrected chi connectivity index (χ1v) is 13.6. The minimum Gasteiger partial charge on any atom is -0.465 e. The van der Waals surface area contributed by atoms with Crippen LogP contribution in [0.5, 0.6) is 0 Å². The zero-order valence-electron chi connectivity index (χ0n) is 21.5. The molecule has 4 nitrogen and oxygen atoms in total. The van der Waals surface area contributed by atoms with Gasteiger partial charge in [0.2, 0.25) is 0 Å². The van der Waals surface area contributed by atoms with Crippen LogP contribution in [0.15, 0.2) is 12.2 Å². The second-order valence-electron chi connectivity index (χ2n) is 9.10. The van der Waals surface area contributed by atoms with Crippen LogP contribution in [0.2, 0.25) is 0 Å². The molecule has 0 N–H and O–H groups in total. The van der Waals surface area contributed by atoms with Crippen LogP contribution in [0.25, 0.3) is 0 Å². The van der Waals surface area contributed by atoms with E-state index in [1.807, 2.05) is 6.92 Å². The monoisotopic (exact) mass is 452 g/mol. The molecule has 0 aliphatic heterocycles. The molecule has 0 aliphatic rings. The molecule has 1 unspecified atom stereocenters. The molecule has 4 heteroatoms. The van der Waals surface area contributed by atoms with Gasteiger partial charge in [0.05, 0.1) is 25.6 Å². The van der Waals surface area contributed by atoms with Gasteiger partial charge in [-0.25, -0.2) is 0 Å². The summed E-state index contributed by atoms with van der Waals surface area (Å²) < 4.78 is 10.6. The number of rotatable bonds is 23. The van der Waals surface area contributed by atoms with E-state index < -0.39 is 0 Å². The van der Waals surface area contributed by atoms with Crippen molar-refractivity contribution in [3.8, 4) is 0 Å². The van der Waals surface area contributed by atoms with E-state index in [2.05, 4.69) is 26.0 Å². The van der Waals surface area contributed by atoms with Crippen molar-refractivity contribution in [3.05, 3.63) is 12.2 Å². The van der Waals surface area contributed by atoms with Crippen LogP contribution in [-0.2, 0) is 19.1 Å². The number of hydrogen-bond acceptors (Lipinski definition) is 4. The van der Waals surface area contributed by atoms with Crippen molar-refractivity contribution in [2.24, 2.45) is 0 Å². The summed E-state index contributed by atoms with van der Waals surface area (Å²) in [5, 5.41) is 0. The summed E-state index contributed by atoms with van der Waals surface area (Å²) >= 11 is 0. The third-order valence-electron chi connectivity index (χ3n) is 5.77. The van der Waals surface area contributed by atoms with Crippen molar-refractivity contribution in [2.75, 3.05) is 6.61 Å². The highest BCUT2D eigenvalue weighted by Crippen LogP contribution is 2.12. The fraction of sp³-hybridized carbons (Fsp3) is 0.857. The van der Waals surface area contributed by atoms with Crippen molar-refractivity contribution in [3.63, 3.8) is 0 Å². The summed E-state index contributed by atoms with van der Waals surface area (Å²) in [6.07, 6.45) is 25.2. The van der Waals surface area contributed by atoms with E-state index in [-0.39, 0.29) is 30.9 Å². The molecular weight excluding hydrogens is 400 g/mol. The number of carbonyl (C=O) groups is 2. The molecule has 188 valence electrons. The standard InChI is InChI=1S/C28H52O4/c1-4-6-8-10-12-13-14-15-16-17-19-21-25-31-27(29)23-24-28(30)32-26(3)22-20-18-11-9-7-5-2/h17,19,26H,4-16,18,20-25H2,1-3H3/b19-17+. The lowest BCUT2D eigenvalue weighted by atomic mass is 10.1. The molecule has 32 heavy (non-hydrogen) atoms. The van der Waals surface area contributed by atoms with Crippen molar-refractivity contribution in [1.82, 2.24) is 0 Å². The Bertz CT molecular complexity index is 458. The lowest BCUT2D eigenvalue weighted by Gasteiger charge is -2.13. The van der Waals surface area contributed by atoms with Crippen LogP contribution in [0, 0.1) is 0 Å². The Labute approximate surface area is 198 Å². The molecule has 0 rings (SSSR count). The highest BCUT2D eigenvalue weighted by molar-refractivity contribution is 5.77. The van der Waals surface area contributed by atoms with Gasteiger partial charge in [-0.15, -0.1) is 0 Å². The molecule has 0 radical (unpaired) electrons.